The van der Waals surface area contributed by atoms with E-state index in [2.05, 4.69) is 10.6 Å². The minimum absolute atomic E-state index is 0.0238. The molecule has 39 heavy (non-hydrogen) atoms. The largest absolute Gasteiger partial charge is 0.460 e. The van der Waals surface area contributed by atoms with Gasteiger partial charge in [-0.05, 0) is 72.6 Å². The zero-order valence-corrected chi connectivity index (χ0v) is 24.9. The Hall–Kier alpha value is -2.63. The molecule has 4 N–H and O–H groups in total. The van der Waals surface area contributed by atoms with Gasteiger partial charge in [-0.1, -0.05) is 12.1 Å². The van der Waals surface area contributed by atoms with E-state index < -0.39 is 47.3 Å². The Kier molecular flexibility index (Phi) is 14.0. The van der Waals surface area contributed by atoms with E-state index in [4.69, 9.17) is 9.47 Å². The standard InChI is InChI=1S/C28H44N2O8S/c1-18(31)22(32)17-39-15-14-23(33)29-16-19-8-10-20(11-9-19)25(35)30-21(26(36)38-28(5,6)7)12-13-24(34)37-27(2,3)4/h8-11,18,21-22,31-32H,12-17H2,1-7H3,(H,29,33)(H,30,35)/t18?,21-,22?/m0/s1. The summed E-state index contributed by atoms with van der Waals surface area (Å²) in [6.45, 7) is 12.2. The Bertz CT molecular complexity index is 952. The lowest BCUT2D eigenvalue weighted by Crippen LogP contribution is -2.44. The van der Waals surface area contributed by atoms with E-state index in [1.54, 1.807) is 65.8 Å². The van der Waals surface area contributed by atoms with Crippen LogP contribution in [0.5, 0.6) is 0 Å². The lowest BCUT2D eigenvalue weighted by atomic mass is 10.1. The van der Waals surface area contributed by atoms with Crippen LogP contribution in [-0.2, 0) is 30.4 Å². The summed E-state index contributed by atoms with van der Waals surface area (Å²) in [6, 6.07) is 5.54. The van der Waals surface area contributed by atoms with Crippen LogP contribution in [0.25, 0.3) is 0 Å². The number of amides is 2. The Morgan fingerprint density at radius 2 is 1.51 bits per heavy atom. The number of rotatable bonds is 14. The first-order valence-corrected chi connectivity index (χ1v) is 14.2. The number of hydrogen-bond donors (Lipinski definition) is 4. The van der Waals surface area contributed by atoms with Crippen molar-refractivity contribution in [1.29, 1.82) is 0 Å². The molecule has 0 aliphatic heterocycles. The molecule has 0 saturated heterocycles. The second-order valence-corrected chi connectivity index (χ2v) is 12.4. The summed E-state index contributed by atoms with van der Waals surface area (Å²) in [4.78, 5) is 49.8. The molecule has 0 saturated carbocycles. The van der Waals surface area contributed by atoms with Gasteiger partial charge in [0.1, 0.15) is 17.2 Å². The maximum atomic E-state index is 12.9. The van der Waals surface area contributed by atoms with Crippen molar-refractivity contribution in [2.45, 2.75) is 104 Å². The average Bonchev–Trinajstić information content (AvgIpc) is 2.80. The lowest BCUT2D eigenvalue weighted by Gasteiger charge is -2.25. The molecule has 10 nitrogen and oxygen atoms in total. The molecular weight excluding hydrogens is 524 g/mol. The van der Waals surface area contributed by atoms with Crippen molar-refractivity contribution in [2.75, 3.05) is 11.5 Å². The number of esters is 2. The third-order valence-electron chi connectivity index (χ3n) is 5.08. The molecule has 0 aromatic heterocycles. The molecule has 1 aromatic rings. The van der Waals surface area contributed by atoms with Gasteiger partial charge in [-0.25, -0.2) is 4.79 Å². The summed E-state index contributed by atoms with van der Waals surface area (Å²) in [5.41, 5.74) is -0.338. The second-order valence-electron chi connectivity index (χ2n) is 11.3. The minimum atomic E-state index is -1.04. The fourth-order valence-electron chi connectivity index (χ4n) is 3.09. The fraction of sp³-hybridized carbons (Fsp3) is 0.643. The van der Waals surface area contributed by atoms with Crippen LogP contribution in [0.4, 0.5) is 0 Å². The Labute approximate surface area is 235 Å². The Morgan fingerprint density at radius 1 is 0.923 bits per heavy atom. The van der Waals surface area contributed by atoms with Crippen molar-refractivity contribution in [3.05, 3.63) is 35.4 Å². The highest BCUT2D eigenvalue weighted by Gasteiger charge is 2.28. The van der Waals surface area contributed by atoms with Gasteiger partial charge < -0.3 is 30.3 Å². The summed E-state index contributed by atoms with van der Waals surface area (Å²) < 4.78 is 10.7. The predicted molar refractivity (Wildman–Crippen MR) is 150 cm³/mol. The summed E-state index contributed by atoms with van der Waals surface area (Å²) in [5, 5.41) is 24.3. The van der Waals surface area contributed by atoms with Crippen molar-refractivity contribution in [2.24, 2.45) is 0 Å². The minimum Gasteiger partial charge on any atom is -0.460 e. The molecule has 11 heteroatoms. The summed E-state index contributed by atoms with van der Waals surface area (Å²) in [7, 11) is 0. The van der Waals surface area contributed by atoms with Crippen molar-refractivity contribution >= 4 is 35.5 Å². The van der Waals surface area contributed by atoms with Gasteiger partial charge in [0.2, 0.25) is 5.91 Å². The first-order valence-electron chi connectivity index (χ1n) is 13.0. The Balaban J connectivity index is 2.66. The van der Waals surface area contributed by atoms with Crippen molar-refractivity contribution in [3.63, 3.8) is 0 Å². The van der Waals surface area contributed by atoms with Crippen LogP contribution in [0, 0.1) is 0 Å². The third-order valence-corrected chi connectivity index (χ3v) is 6.15. The first-order chi connectivity index (χ1) is 18.0. The van der Waals surface area contributed by atoms with Crippen LogP contribution in [0.3, 0.4) is 0 Å². The maximum Gasteiger partial charge on any atom is 0.329 e. The topological polar surface area (TPSA) is 151 Å². The first kappa shape index (κ1) is 34.4. The van der Waals surface area contributed by atoms with Crippen LogP contribution in [-0.4, -0.2) is 74.9 Å². The highest BCUT2D eigenvalue weighted by atomic mass is 32.2. The van der Waals surface area contributed by atoms with Gasteiger partial charge in [-0.2, -0.15) is 11.8 Å². The van der Waals surface area contributed by atoms with Crippen LogP contribution < -0.4 is 10.6 Å². The summed E-state index contributed by atoms with van der Waals surface area (Å²) in [6.07, 6.45) is -1.40. The molecule has 1 rings (SSSR count). The van der Waals surface area contributed by atoms with Gasteiger partial charge in [0, 0.05) is 36.5 Å². The second kappa shape index (κ2) is 15.8. The zero-order valence-electron chi connectivity index (χ0n) is 24.0. The number of hydrogen-bond acceptors (Lipinski definition) is 9. The van der Waals surface area contributed by atoms with Crippen molar-refractivity contribution in [1.82, 2.24) is 10.6 Å². The number of aliphatic hydroxyl groups is 2. The molecule has 0 bridgehead atoms. The average molecular weight is 569 g/mol. The highest BCUT2D eigenvalue weighted by Crippen LogP contribution is 2.15. The van der Waals surface area contributed by atoms with Crippen molar-refractivity contribution < 1.29 is 38.9 Å². The number of aliphatic hydroxyl groups excluding tert-OH is 2. The third kappa shape index (κ3) is 15.5. The van der Waals surface area contributed by atoms with Gasteiger partial charge in [0.05, 0.1) is 12.2 Å². The number of benzene rings is 1. The SMILES string of the molecule is CC(O)C(O)CSCCC(=O)NCc1ccc(C(=O)N[C@@H](CCC(=O)OC(C)(C)C)C(=O)OC(C)(C)C)cc1. The number of thioether (sulfide) groups is 1. The lowest BCUT2D eigenvalue weighted by molar-refractivity contribution is -0.158. The van der Waals surface area contributed by atoms with E-state index in [0.717, 1.165) is 5.56 Å². The van der Waals surface area contributed by atoms with E-state index >= 15 is 0 Å². The van der Waals surface area contributed by atoms with E-state index in [0.29, 0.717) is 17.1 Å². The number of nitrogens with one attached hydrogen (secondary N) is 2. The fourth-order valence-corrected chi connectivity index (χ4v) is 4.11. The molecule has 2 unspecified atom stereocenters. The van der Waals surface area contributed by atoms with Crippen LogP contribution in [0.15, 0.2) is 24.3 Å². The van der Waals surface area contributed by atoms with E-state index in [-0.39, 0.29) is 31.7 Å². The summed E-state index contributed by atoms with van der Waals surface area (Å²) >= 11 is 1.39. The normalized spacial score (nSPS) is 14.1. The molecule has 0 heterocycles. The zero-order chi connectivity index (χ0) is 29.8. The number of carbonyl (C=O) groups is 4. The van der Waals surface area contributed by atoms with Crippen LogP contribution in [0.2, 0.25) is 0 Å². The van der Waals surface area contributed by atoms with Crippen LogP contribution in [0.1, 0.15) is 83.7 Å². The quantitative estimate of drug-likeness (QED) is 0.196. The molecule has 1 aromatic carbocycles. The van der Waals surface area contributed by atoms with E-state index in [9.17, 15) is 29.4 Å². The smallest absolute Gasteiger partial charge is 0.329 e. The number of ether oxygens (including phenoxy) is 2. The summed E-state index contributed by atoms with van der Waals surface area (Å²) in [5.74, 6) is -0.904. The molecule has 0 aliphatic rings. The molecule has 3 atom stereocenters. The molecule has 0 spiro atoms. The highest BCUT2D eigenvalue weighted by molar-refractivity contribution is 7.99. The predicted octanol–water partition coefficient (Wildman–Crippen LogP) is 2.73. The van der Waals surface area contributed by atoms with Crippen molar-refractivity contribution in [3.8, 4) is 0 Å². The molecule has 2 amide bonds. The van der Waals surface area contributed by atoms with Gasteiger partial charge in [0.15, 0.2) is 0 Å². The van der Waals surface area contributed by atoms with Crippen LogP contribution >= 0.6 is 11.8 Å². The van der Waals surface area contributed by atoms with Gasteiger partial charge in [-0.3, -0.25) is 14.4 Å². The number of carbonyl (C=O) groups excluding carboxylic acids is 4. The molecule has 0 fully saturated rings. The van der Waals surface area contributed by atoms with E-state index in [1.165, 1.54) is 18.7 Å². The molecule has 0 aliphatic carbocycles. The monoisotopic (exact) mass is 568 g/mol. The Morgan fingerprint density at radius 3 is 2.05 bits per heavy atom. The molecule has 0 radical (unpaired) electrons. The van der Waals surface area contributed by atoms with Gasteiger partial charge in [0.25, 0.3) is 5.91 Å². The molecular formula is C28H44N2O8S. The maximum absolute atomic E-state index is 12.9. The van der Waals surface area contributed by atoms with Gasteiger partial charge >= 0.3 is 11.9 Å². The van der Waals surface area contributed by atoms with E-state index in [1.807, 2.05) is 0 Å². The molecule has 220 valence electrons. The van der Waals surface area contributed by atoms with Gasteiger partial charge in [-0.15, -0.1) is 0 Å².